The Hall–Kier alpha value is -1.03. The van der Waals surface area contributed by atoms with E-state index in [9.17, 15) is 0 Å². The average Bonchev–Trinajstić information content (AvgIpc) is 2.72. The largest absolute Gasteiger partial charge is 0.345 e. The summed E-state index contributed by atoms with van der Waals surface area (Å²) in [5, 5.41) is 4.22. The number of rotatable bonds is 4. The van der Waals surface area contributed by atoms with Crippen molar-refractivity contribution in [2.75, 3.05) is 7.05 Å². The molecule has 0 aliphatic carbocycles. The molecular formula is C12H13Cl2N3. The Morgan fingerprint density at radius 3 is 2.82 bits per heavy atom. The van der Waals surface area contributed by atoms with Crippen LogP contribution in [0.5, 0.6) is 0 Å². The van der Waals surface area contributed by atoms with Crippen molar-refractivity contribution in [1.29, 1.82) is 0 Å². The fourth-order valence-corrected chi connectivity index (χ4v) is 1.94. The molecule has 0 spiro atoms. The molecule has 2 aromatic rings. The molecule has 0 bridgehead atoms. The first-order valence-corrected chi connectivity index (χ1v) is 6.06. The SMILES string of the molecule is CNCc1cnc(Cc2ccc(Cl)c(Cl)c2)[nH]1. The van der Waals surface area contributed by atoms with Crippen LogP contribution in [0, 0.1) is 0 Å². The molecule has 2 N–H and O–H groups in total. The monoisotopic (exact) mass is 269 g/mol. The predicted molar refractivity (Wildman–Crippen MR) is 70.6 cm³/mol. The van der Waals surface area contributed by atoms with Crippen molar-refractivity contribution in [3.05, 3.63) is 51.5 Å². The number of aromatic amines is 1. The number of aromatic nitrogens is 2. The van der Waals surface area contributed by atoms with Gasteiger partial charge in [-0.3, -0.25) is 0 Å². The highest BCUT2D eigenvalue weighted by Crippen LogP contribution is 2.23. The van der Waals surface area contributed by atoms with E-state index in [0.717, 1.165) is 30.0 Å². The Labute approximate surface area is 110 Å². The summed E-state index contributed by atoms with van der Waals surface area (Å²) in [5.74, 6) is 0.925. The number of hydrogen-bond donors (Lipinski definition) is 2. The van der Waals surface area contributed by atoms with Crippen LogP contribution in [-0.2, 0) is 13.0 Å². The summed E-state index contributed by atoms with van der Waals surface area (Å²) < 4.78 is 0. The van der Waals surface area contributed by atoms with Gasteiger partial charge < -0.3 is 10.3 Å². The van der Waals surface area contributed by atoms with Crippen LogP contribution in [-0.4, -0.2) is 17.0 Å². The van der Waals surface area contributed by atoms with Crippen LogP contribution in [0.25, 0.3) is 0 Å². The first kappa shape index (κ1) is 12.4. The number of H-pyrrole nitrogens is 1. The smallest absolute Gasteiger partial charge is 0.110 e. The normalized spacial score (nSPS) is 10.8. The van der Waals surface area contributed by atoms with Crippen LogP contribution in [0.3, 0.4) is 0 Å². The van der Waals surface area contributed by atoms with Crippen molar-refractivity contribution in [1.82, 2.24) is 15.3 Å². The molecule has 0 atom stereocenters. The summed E-state index contributed by atoms with van der Waals surface area (Å²) in [6, 6.07) is 5.62. The molecule has 5 heteroatoms. The second-order valence-electron chi connectivity index (χ2n) is 3.81. The lowest BCUT2D eigenvalue weighted by atomic mass is 10.1. The van der Waals surface area contributed by atoms with Gasteiger partial charge in [-0.2, -0.15) is 0 Å². The first-order chi connectivity index (χ1) is 8.19. The van der Waals surface area contributed by atoms with Gasteiger partial charge in [0.25, 0.3) is 0 Å². The van der Waals surface area contributed by atoms with E-state index < -0.39 is 0 Å². The summed E-state index contributed by atoms with van der Waals surface area (Å²) in [5.41, 5.74) is 2.16. The molecular weight excluding hydrogens is 257 g/mol. The molecule has 2 rings (SSSR count). The highest BCUT2D eigenvalue weighted by molar-refractivity contribution is 6.42. The third-order valence-corrected chi connectivity index (χ3v) is 3.14. The topological polar surface area (TPSA) is 40.7 Å². The zero-order valence-electron chi connectivity index (χ0n) is 9.43. The quantitative estimate of drug-likeness (QED) is 0.896. The van der Waals surface area contributed by atoms with Crippen LogP contribution >= 0.6 is 23.2 Å². The maximum absolute atomic E-state index is 5.96. The minimum atomic E-state index is 0.575. The van der Waals surface area contributed by atoms with Gasteiger partial charge in [-0.05, 0) is 24.7 Å². The number of imidazole rings is 1. The van der Waals surface area contributed by atoms with Crippen molar-refractivity contribution >= 4 is 23.2 Å². The molecule has 1 heterocycles. The molecule has 0 aliphatic heterocycles. The average molecular weight is 270 g/mol. The second kappa shape index (κ2) is 5.54. The molecule has 0 amide bonds. The number of nitrogens with one attached hydrogen (secondary N) is 2. The first-order valence-electron chi connectivity index (χ1n) is 5.30. The van der Waals surface area contributed by atoms with Gasteiger partial charge in [0.05, 0.1) is 10.0 Å². The summed E-state index contributed by atoms with van der Waals surface area (Å²) in [7, 11) is 1.90. The highest BCUT2D eigenvalue weighted by atomic mass is 35.5. The van der Waals surface area contributed by atoms with E-state index >= 15 is 0 Å². The van der Waals surface area contributed by atoms with Gasteiger partial charge in [0.15, 0.2) is 0 Å². The number of hydrogen-bond acceptors (Lipinski definition) is 2. The minimum absolute atomic E-state index is 0.575. The van der Waals surface area contributed by atoms with Gasteiger partial charge in [-0.25, -0.2) is 4.98 Å². The minimum Gasteiger partial charge on any atom is -0.345 e. The van der Waals surface area contributed by atoms with Crippen molar-refractivity contribution in [3.63, 3.8) is 0 Å². The third kappa shape index (κ3) is 3.22. The van der Waals surface area contributed by atoms with E-state index in [1.54, 1.807) is 6.07 Å². The summed E-state index contributed by atoms with van der Waals surface area (Å²) in [6.07, 6.45) is 2.56. The molecule has 3 nitrogen and oxygen atoms in total. The van der Waals surface area contributed by atoms with Crippen molar-refractivity contribution in [3.8, 4) is 0 Å². The zero-order chi connectivity index (χ0) is 12.3. The lowest BCUT2D eigenvalue weighted by Gasteiger charge is -2.01. The maximum atomic E-state index is 5.96. The van der Waals surface area contributed by atoms with E-state index in [1.165, 1.54) is 0 Å². The number of benzene rings is 1. The molecule has 90 valence electrons. The standard InChI is InChI=1S/C12H13Cl2N3/c1-15-6-9-7-16-12(17-9)5-8-2-3-10(13)11(14)4-8/h2-4,7,15H,5-6H2,1H3,(H,16,17). The van der Waals surface area contributed by atoms with Gasteiger partial charge >= 0.3 is 0 Å². The van der Waals surface area contributed by atoms with E-state index in [1.807, 2.05) is 25.4 Å². The maximum Gasteiger partial charge on any atom is 0.110 e. The molecule has 0 unspecified atom stereocenters. The van der Waals surface area contributed by atoms with Crippen LogP contribution in [0.1, 0.15) is 17.1 Å². The lowest BCUT2D eigenvalue weighted by Crippen LogP contribution is -2.05. The summed E-state index contributed by atoms with van der Waals surface area (Å²) >= 11 is 11.8. The van der Waals surface area contributed by atoms with Crippen LogP contribution < -0.4 is 5.32 Å². The Kier molecular flexibility index (Phi) is 4.05. The third-order valence-electron chi connectivity index (χ3n) is 2.40. The van der Waals surface area contributed by atoms with Crippen molar-refractivity contribution in [2.24, 2.45) is 0 Å². The lowest BCUT2D eigenvalue weighted by molar-refractivity contribution is 0.793. The molecule has 0 saturated carbocycles. The van der Waals surface area contributed by atoms with Crippen LogP contribution in [0.2, 0.25) is 10.0 Å². The molecule has 1 aromatic carbocycles. The van der Waals surface area contributed by atoms with Gasteiger partial charge in [0, 0.05) is 24.9 Å². The summed E-state index contributed by atoms with van der Waals surface area (Å²) in [6.45, 7) is 0.786. The fourth-order valence-electron chi connectivity index (χ4n) is 1.62. The number of halogens is 2. The van der Waals surface area contributed by atoms with Crippen LogP contribution in [0.15, 0.2) is 24.4 Å². The van der Waals surface area contributed by atoms with Gasteiger partial charge in [0.2, 0.25) is 0 Å². The van der Waals surface area contributed by atoms with Gasteiger partial charge in [-0.15, -0.1) is 0 Å². The fraction of sp³-hybridized carbons (Fsp3) is 0.250. The Morgan fingerprint density at radius 1 is 1.29 bits per heavy atom. The van der Waals surface area contributed by atoms with Crippen molar-refractivity contribution in [2.45, 2.75) is 13.0 Å². The van der Waals surface area contributed by atoms with Gasteiger partial charge in [0.1, 0.15) is 5.82 Å². The molecule has 0 saturated heterocycles. The van der Waals surface area contributed by atoms with Gasteiger partial charge in [-0.1, -0.05) is 29.3 Å². The molecule has 0 radical (unpaired) electrons. The highest BCUT2D eigenvalue weighted by Gasteiger charge is 2.04. The molecule has 1 aromatic heterocycles. The number of nitrogens with zero attached hydrogens (tertiary/aromatic N) is 1. The predicted octanol–water partition coefficient (Wildman–Crippen LogP) is 3.03. The van der Waals surface area contributed by atoms with Crippen molar-refractivity contribution < 1.29 is 0 Å². The zero-order valence-corrected chi connectivity index (χ0v) is 10.9. The Bertz CT molecular complexity index is 508. The Morgan fingerprint density at radius 2 is 2.12 bits per heavy atom. The Balaban J connectivity index is 2.11. The van der Waals surface area contributed by atoms with E-state index in [-0.39, 0.29) is 0 Å². The van der Waals surface area contributed by atoms with Crippen LogP contribution in [0.4, 0.5) is 0 Å². The second-order valence-corrected chi connectivity index (χ2v) is 4.63. The molecule has 17 heavy (non-hydrogen) atoms. The van der Waals surface area contributed by atoms with E-state index in [2.05, 4.69) is 15.3 Å². The summed E-state index contributed by atoms with van der Waals surface area (Å²) in [4.78, 5) is 7.56. The van der Waals surface area contributed by atoms with E-state index in [0.29, 0.717) is 10.0 Å². The molecule has 0 fully saturated rings. The molecule has 0 aliphatic rings. The van der Waals surface area contributed by atoms with E-state index in [4.69, 9.17) is 23.2 Å².